The lowest BCUT2D eigenvalue weighted by molar-refractivity contribution is -0.137. The molecule has 2 aliphatic rings. The molecule has 2 saturated heterocycles. The van der Waals surface area contributed by atoms with Gasteiger partial charge in [0.25, 0.3) is 0 Å². The van der Waals surface area contributed by atoms with Gasteiger partial charge in [-0.25, -0.2) is 12.7 Å². The number of ether oxygens (including phenoxy) is 1. The third kappa shape index (κ3) is 2.56. The van der Waals surface area contributed by atoms with E-state index in [2.05, 4.69) is 0 Å². The van der Waals surface area contributed by atoms with Crippen LogP contribution < -0.4 is 0 Å². The van der Waals surface area contributed by atoms with Crippen LogP contribution in [0.4, 0.5) is 0 Å². The summed E-state index contributed by atoms with van der Waals surface area (Å²) in [5.74, 6) is 0. The Bertz CT molecular complexity index is 346. The van der Waals surface area contributed by atoms with Crippen LogP contribution in [0.5, 0.6) is 0 Å². The van der Waals surface area contributed by atoms with Crippen molar-refractivity contribution in [3.63, 3.8) is 0 Å². The van der Waals surface area contributed by atoms with Crippen LogP contribution in [0, 0.1) is 0 Å². The molecule has 0 saturated carbocycles. The number of rotatable bonds is 1. The van der Waals surface area contributed by atoms with Crippen molar-refractivity contribution in [3.05, 3.63) is 0 Å². The molecule has 94 valence electrons. The Morgan fingerprint density at radius 1 is 1.38 bits per heavy atom. The minimum atomic E-state index is -3.08. The van der Waals surface area contributed by atoms with Crippen molar-refractivity contribution in [3.8, 4) is 0 Å². The van der Waals surface area contributed by atoms with Gasteiger partial charge in [0.15, 0.2) is 0 Å². The first-order valence-electron chi connectivity index (χ1n) is 5.68. The third-order valence-electron chi connectivity index (χ3n) is 3.57. The Balaban J connectivity index is 1.98. The maximum absolute atomic E-state index is 11.4. The lowest BCUT2D eigenvalue weighted by atomic mass is 9.84. The molecule has 0 aromatic heterocycles. The highest BCUT2D eigenvalue weighted by molar-refractivity contribution is 7.88. The molecule has 5 nitrogen and oxygen atoms in total. The fourth-order valence-electron chi connectivity index (χ4n) is 2.58. The first-order valence-corrected chi connectivity index (χ1v) is 7.53. The molecule has 0 aromatic rings. The highest BCUT2D eigenvalue weighted by atomic mass is 32.2. The van der Waals surface area contributed by atoms with Gasteiger partial charge in [-0.1, -0.05) is 0 Å². The van der Waals surface area contributed by atoms with Crippen LogP contribution in [0.3, 0.4) is 0 Å². The molecule has 0 bridgehead atoms. The number of hydrogen-bond donors (Lipinski definition) is 1. The molecule has 2 rings (SSSR count). The molecule has 1 spiro atoms. The minimum Gasteiger partial charge on any atom is -0.393 e. The Morgan fingerprint density at radius 2 is 2.00 bits per heavy atom. The second-order valence-corrected chi connectivity index (χ2v) is 6.82. The summed E-state index contributed by atoms with van der Waals surface area (Å²) in [6, 6.07) is 0. The van der Waals surface area contributed by atoms with E-state index in [-0.39, 0.29) is 11.7 Å². The topological polar surface area (TPSA) is 66.8 Å². The van der Waals surface area contributed by atoms with Gasteiger partial charge in [-0.15, -0.1) is 0 Å². The molecule has 6 heteroatoms. The van der Waals surface area contributed by atoms with Gasteiger partial charge in [-0.2, -0.15) is 0 Å². The second kappa shape index (κ2) is 4.25. The Kier molecular flexibility index (Phi) is 3.27. The predicted octanol–water partition coefficient (Wildman–Crippen LogP) is -0.0481. The van der Waals surface area contributed by atoms with E-state index in [0.29, 0.717) is 45.4 Å². The van der Waals surface area contributed by atoms with E-state index >= 15 is 0 Å². The molecular weight excluding hydrogens is 230 g/mol. The lowest BCUT2D eigenvalue weighted by Crippen LogP contribution is -2.51. The summed E-state index contributed by atoms with van der Waals surface area (Å²) >= 11 is 0. The van der Waals surface area contributed by atoms with Crippen LogP contribution in [-0.4, -0.2) is 55.5 Å². The van der Waals surface area contributed by atoms with Crippen molar-refractivity contribution >= 4 is 10.0 Å². The van der Waals surface area contributed by atoms with E-state index in [1.165, 1.54) is 10.6 Å². The molecule has 2 heterocycles. The maximum atomic E-state index is 11.4. The zero-order chi connectivity index (χ0) is 11.8. The number of aliphatic hydroxyl groups is 1. The van der Waals surface area contributed by atoms with Gasteiger partial charge in [0.2, 0.25) is 10.0 Å². The summed E-state index contributed by atoms with van der Waals surface area (Å²) in [6.45, 7) is 1.59. The zero-order valence-electron chi connectivity index (χ0n) is 9.55. The fourth-order valence-corrected chi connectivity index (χ4v) is 3.42. The van der Waals surface area contributed by atoms with Gasteiger partial charge in [-0.05, 0) is 19.3 Å². The van der Waals surface area contributed by atoms with Gasteiger partial charge < -0.3 is 9.84 Å². The number of aliphatic hydroxyl groups excluding tert-OH is 1. The number of nitrogens with zero attached hydrogens (tertiary/aromatic N) is 1. The van der Waals surface area contributed by atoms with Crippen LogP contribution >= 0.6 is 0 Å². The Labute approximate surface area is 96.4 Å². The highest BCUT2D eigenvalue weighted by Crippen LogP contribution is 2.35. The minimum absolute atomic E-state index is 0.279. The van der Waals surface area contributed by atoms with Crippen LogP contribution in [0.1, 0.15) is 25.7 Å². The molecule has 0 aliphatic carbocycles. The number of sulfonamides is 1. The molecule has 16 heavy (non-hydrogen) atoms. The van der Waals surface area contributed by atoms with Crippen molar-refractivity contribution < 1.29 is 18.3 Å². The van der Waals surface area contributed by atoms with Gasteiger partial charge in [0, 0.05) is 26.1 Å². The van der Waals surface area contributed by atoms with E-state index in [1.807, 2.05) is 0 Å². The summed E-state index contributed by atoms with van der Waals surface area (Å²) in [4.78, 5) is 0. The molecule has 1 unspecified atom stereocenters. The summed E-state index contributed by atoms with van der Waals surface area (Å²) in [5, 5.41) is 9.64. The van der Waals surface area contributed by atoms with Crippen molar-refractivity contribution in [1.82, 2.24) is 4.31 Å². The van der Waals surface area contributed by atoms with Crippen molar-refractivity contribution in [1.29, 1.82) is 0 Å². The van der Waals surface area contributed by atoms with E-state index < -0.39 is 10.0 Å². The SMILES string of the molecule is CS(=O)(=O)N1CCC2(CC1)CC(O)CCO2. The Hall–Kier alpha value is -0.170. The van der Waals surface area contributed by atoms with Gasteiger partial charge in [0.1, 0.15) is 0 Å². The van der Waals surface area contributed by atoms with Crippen LogP contribution in [0.25, 0.3) is 0 Å². The van der Waals surface area contributed by atoms with Crippen molar-refractivity contribution in [2.24, 2.45) is 0 Å². The largest absolute Gasteiger partial charge is 0.393 e. The maximum Gasteiger partial charge on any atom is 0.211 e. The van der Waals surface area contributed by atoms with Gasteiger partial charge >= 0.3 is 0 Å². The van der Waals surface area contributed by atoms with Crippen molar-refractivity contribution in [2.45, 2.75) is 37.4 Å². The third-order valence-corrected chi connectivity index (χ3v) is 4.87. The van der Waals surface area contributed by atoms with E-state index in [1.54, 1.807) is 0 Å². The summed E-state index contributed by atoms with van der Waals surface area (Å²) in [7, 11) is -3.08. The molecule has 1 N–H and O–H groups in total. The predicted molar refractivity (Wildman–Crippen MR) is 59.6 cm³/mol. The standard InChI is InChI=1S/C10H19NO4S/c1-16(13,14)11-5-3-10(4-6-11)8-9(12)2-7-15-10/h9,12H,2-8H2,1H3. The number of hydrogen-bond acceptors (Lipinski definition) is 4. The number of piperidine rings is 1. The van der Waals surface area contributed by atoms with E-state index in [0.717, 1.165) is 0 Å². The van der Waals surface area contributed by atoms with Crippen molar-refractivity contribution in [2.75, 3.05) is 26.0 Å². The van der Waals surface area contributed by atoms with Gasteiger partial charge in [0.05, 0.1) is 18.0 Å². The normalized spacial score (nSPS) is 31.8. The summed E-state index contributed by atoms with van der Waals surface area (Å²) in [6.07, 6.45) is 3.66. The fraction of sp³-hybridized carbons (Fsp3) is 1.00. The molecule has 2 aliphatic heterocycles. The molecule has 0 aromatic carbocycles. The average Bonchev–Trinajstić information content (AvgIpc) is 2.16. The molecule has 0 amide bonds. The Morgan fingerprint density at radius 3 is 2.50 bits per heavy atom. The smallest absolute Gasteiger partial charge is 0.211 e. The summed E-state index contributed by atoms with van der Waals surface area (Å²) < 4.78 is 30.0. The average molecular weight is 249 g/mol. The lowest BCUT2D eigenvalue weighted by Gasteiger charge is -2.44. The zero-order valence-corrected chi connectivity index (χ0v) is 10.4. The van der Waals surface area contributed by atoms with E-state index in [4.69, 9.17) is 4.74 Å². The first kappa shape index (κ1) is 12.3. The molecule has 1 atom stereocenters. The van der Waals surface area contributed by atoms with Crippen LogP contribution in [-0.2, 0) is 14.8 Å². The quantitative estimate of drug-likeness (QED) is 0.707. The van der Waals surface area contributed by atoms with E-state index in [9.17, 15) is 13.5 Å². The summed E-state index contributed by atoms with van der Waals surface area (Å²) in [5.41, 5.74) is -0.279. The van der Waals surface area contributed by atoms with Crippen LogP contribution in [0.2, 0.25) is 0 Å². The molecular formula is C10H19NO4S. The first-order chi connectivity index (χ1) is 7.41. The monoisotopic (exact) mass is 249 g/mol. The molecule has 0 radical (unpaired) electrons. The highest BCUT2D eigenvalue weighted by Gasteiger charge is 2.41. The van der Waals surface area contributed by atoms with Crippen LogP contribution in [0.15, 0.2) is 0 Å². The molecule has 2 fully saturated rings. The second-order valence-electron chi connectivity index (χ2n) is 4.84. The van der Waals surface area contributed by atoms with Gasteiger partial charge in [-0.3, -0.25) is 0 Å².